The van der Waals surface area contributed by atoms with Crippen LogP contribution in [0.5, 0.6) is 5.75 Å². The zero-order chi connectivity index (χ0) is 21.8. The summed E-state index contributed by atoms with van der Waals surface area (Å²) in [7, 11) is 1.63. The number of nitrogens with one attached hydrogen (secondary N) is 1. The van der Waals surface area contributed by atoms with Gasteiger partial charge in [0.25, 0.3) is 0 Å². The van der Waals surface area contributed by atoms with Gasteiger partial charge in [0.2, 0.25) is 5.95 Å². The van der Waals surface area contributed by atoms with Crippen LogP contribution in [0.3, 0.4) is 0 Å². The van der Waals surface area contributed by atoms with Gasteiger partial charge in [0.05, 0.1) is 6.61 Å². The zero-order valence-corrected chi connectivity index (χ0v) is 17.5. The van der Waals surface area contributed by atoms with Crippen LogP contribution in [0.25, 0.3) is 0 Å². The molecule has 2 aliphatic rings. The molecule has 0 aliphatic carbocycles. The summed E-state index contributed by atoms with van der Waals surface area (Å²) < 4.78 is 52.3. The van der Waals surface area contributed by atoms with Crippen LogP contribution in [0.2, 0.25) is 0 Å². The monoisotopic (exact) mass is 439 g/mol. The topological polar surface area (TPSA) is 64.4 Å². The Morgan fingerprint density at radius 3 is 2.74 bits per heavy atom. The van der Waals surface area contributed by atoms with Crippen LogP contribution in [-0.4, -0.2) is 65.3 Å². The summed E-state index contributed by atoms with van der Waals surface area (Å²) >= 11 is 0. The van der Waals surface area contributed by atoms with Gasteiger partial charge in [0, 0.05) is 26.2 Å². The molecule has 0 amide bonds. The summed E-state index contributed by atoms with van der Waals surface area (Å²) in [6.07, 6.45) is -1.32. The lowest BCUT2D eigenvalue weighted by molar-refractivity contribution is -0.174. The van der Waals surface area contributed by atoms with Gasteiger partial charge < -0.3 is 14.8 Å². The number of likely N-dealkylation sites (tertiary alicyclic amines) is 1. The normalized spacial score (nSPS) is 24.5. The van der Waals surface area contributed by atoms with Crippen LogP contribution < -0.4 is 10.1 Å². The Morgan fingerprint density at radius 1 is 1.19 bits per heavy atom. The number of hydrogen-bond acceptors (Lipinski definition) is 6. The lowest BCUT2D eigenvalue weighted by Gasteiger charge is -2.41. The first-order valence-electron chi connectivity index (χ1n) is 10.6. The molecular formula is C21H28F3N5O2. The van der Waals surface area contributed by atoms with E-state index in [1.54, 1.807) is 7.11 Å². The van der Waals surface area contributed by atoms with Crippen LogP contribution in [0.1, 0.15) is 30.9 Å². The number of benzene rings is 1. The van der Waals surface area contributed by atoms with Crippen LogP contribution in [0.15, 0.2) is 30.6 Å². The summed E-state index contributed by atoms with van der Waals surface area (Å²) in [5, 5.41) is 6.98. The van der Waals surface area contributed by atoms with E-state index in [-0.39, 0.29) is 24.3 Å². The molecule has 170 valence electrons. The Morgan fingerprint density at radius 2 is 2.00 bits per heavy atom. The van der Waals surface area contributed by atoms with Crippen LogP contribution in [0, 0.1) is 5.92 Å². The van der Waals surface area contributed by atoms with E-state index in [4.69, 9.17) is 9.47 Å². The van der Waals surface area contributed by atoms with Crippen LogP contribution in [-0.2, 0) is 11.3 Å². The Balaban J connectivity index is 1.36. The van der Waals surface area contributed by atoms with E-state index < -0.39 is 12.2 Å². The fourth-order valence-electron chi connectivity index (χ4n) is 4.48. The minimum atomic E-state index is -4.34. The van der Waals surface area contributed by atoms with Crippen molar-refractivity contribution in [2.45, 2.75) is 44.1 Å². The van der Waals surface area contributed by atoms with Gasteiger partial charge in [-0.05, 0) is 49.4 Å². The number of hydrogen-bond donors (Lipinski definition) is 1. The Kier molecular flexibility index (Phi) is 6.66. The summed E-state index contributed by atoms with van der Waals surface area (Å²) in [5.41, 5.74) is 1.16. The summed E-state index contributed by atoms with van der Waals surface area (Å²) in [6.45, 7) is 3.50. The molecule has 0 bridgehead atoms. The SMILES string of the molecule is COCCOc1ccc(CN2CCCC([C@@H]3C[C@H](C(F)(F)F)n4ncnc4N3)C2)cc1. The van der Waals surface area contributed by atoms with Crippen LogP contribution in [0.4, 0.5) is 19.1 Å². The number of methoxy groups -OCH3 is 1. The maximum Gasteiger partial charge on any atom is 0.411 e. The van der Waals surface area contributed by atoms with Crippen molar-refractivity contribution in [3.05, 3.63) is 36.2 Å². The van der Waals surface area contributed by atoms with Crippen molar-refractivity contribution in [2.75, 3.05) is 38.7 Å². The van der Waals surface area contributed by atoms with E-state index in [1.807, 2.05) is 24.3 Å². The van der Waals surface area contributed by atoms with Gasteiger partial charge in [-0.1, -0.05) is 12.1 Å². The van der Waals surface area contributed by atoms with E-state index in [0.717, 1.165) is 48.5 Å². The molecule has 2 aromatic rings. The fraction of sp³-hybridized carbons (Fsp3) is 0.619. The predicted molar refractivity (Wildman–Crippen MR) is 109 cm³/mol. The maximum atomic E-state index is 13.6. The van der Waals surface area contributed by atoms with E-state index in [1.165, 1.54) is 6.33 Å². The minimum Gasteiger partial charge on any atom is -0.491 e. The van der Waals surface area contributed by atoms with Crippen molar-refractivity contribution in [2.24, 2.45) is 5.92 Å². The third-order valence-electron chi connectivity index (χ3n) is 6.03. The average Bonchev–Trinajstić information content (AvgIpc) is 3.22. The quantitative estimate of drug-likeness (QED) is 0.667. The number of rotatable bonds is 7. The smallest absolute Gasteiger partial charge is 0.411 e. The van der Waals surface area contributed by atoms with E-state index in [2.05, 4.69) is 20.3 Å². The molecule has 3 atom stereocenters. The maximum absolute atomic E-state index is 13.6. The molecule has 4 rings (SSSR count). The highest BCUT2D eigenvalue weighted by Crippen LogP contribution is 2.40. The van der Waals surface area contributed by atoms with Gasteiger partial charge in [-0.2, -0.15) is 23.3 Å². The van der Waals surface area contributed by atoms with Crippen molar-refractivity contribution in [1.29, 1.82) is 0 Å². The van der Waals surface area contributed by atoms with Gasteiger partial charge in [-0.25, -0.2) is 4.68 Å². The third kappa shape index (κ3) is 5.30. The van der Waals surface area contributed by atoms with Crippen molar-refractivity contribution < 1.29 is 22.6 Å². The number of fused-ring (bicyclic) bond motifs is 1. The number of halogens is 3. The van der Waals surface area contributed by atoms with Crippen molar-refractivity contribution in [3.63, 3.8) is 0 Å². The summed E-state index contributed by atoms with van der Waals surface area (Å²) in [4.78, 5) is 6.31. The van der Waals surface area contributed by atoms with Gasteiger partial charge in [-0.15, -0.1) is 0 Å². The molecule has 1 aromatic heterocycles. The van der Waals surface area contributed by atoms with E-state index >= 15 is 0 Å². The largest absolute Gasteiger partial charge is 0.491 e. The molecule has 3 heterocycles. The van der Waals surface area contributed by atoms with Gasteiger partial charge in [0.1, 0.15) is 18.7 Å². The number of nitrogens with zero attached hydrogens (tertiary/aromatic N) is 4. The molecule has 0 saturated carbocycles. The second-order valence-corrected chi connectivity index (χ2v) is 8.19. The van der Waals surface area contributed by atoms with Crippen molar-refractivity contribution in [3.8, 4) is 5.75 Å². The number of aromatic nitrogens is 3. The molecule has 31 heavy (non-hydrogen) atoms. The van der Waals surface area contributed by atoms with E-state index in [0.29, 0.717) is 13.2 Å². The molecule has 0 radical (unpaired) electrons. The van der Waals surface area contributed by atoms with Crippen LogP contribution >= 0.6 is 0 Å². The van der Waals surface area contributed by atoms with Crippen molar-refractivity contribution in [1.82, 2.24) is 19.7 Å². The standard InChI is InChI=1S/C21H28F3N5O2/c1-30-9-10-31-17-6-4-15(5-7-17)12-28-8-2-3-16(13-28)18-11-19(21(22,23)24)29-20(27-18)25-14-26-29/h4-7,14,16,18-19H,2-3,8-13H2,1H3,(H,25,26,27)/t16?,18-,19+/m0/s1. The first kappa shape index (κ1) is 21.9. The Hall–Kier alpha value is -2.33. The lowest BCUT2D eigenvalue weighted by atomic mass is 9.86. The number of piperidine rings is 1. The molecular weight excluding hydrogens is 411 g/mol. The number of alkyl halides is 3. The highest BCUT2D eigenvalue weighted by molar-refractivity contribution is 5.30. The highest BCUT2D eigenvalue weighted by atomic mass is 19.4. The van der Waals surface area contributed by atoms with Gasteiger partial charge >= 0.3 is 6.18 Å². The number of ether oxygens (including phenoxy) is 2. The number of anilines is 1. The fourth-order valence-corrected chi connectivity index (χ4v) is 4.48. The summed E-state index contributed by atoms with van der Waals surface area (Å²) in [5.74, 6) is 1.13. The lowest BCUT2D eigenvalue weighted by Crippen LogP contribution is -2.47. The first-order chi connectivity index (χ1) is 14.9. The van der Waals surface area contributed by atoms with E-state index in [9.17, 15) is 13.2 Å². The molecule has 10 heteroatoms. The minimum absolute atomic E-state index is 0.0219. The van der Waals surface area contributed by atoms with Crippen molar-refractivity contribution >= 4 is 5.95 Å². The first-order valence-corrected chi connectivity index (χ1v) is 10.6. The molecule has 2 aliphatic heterocycles. The molecule has 0 spiro atoms. The second-order valence-electron chi connectivity index (χ2n) is 8.19. The molecule has 1 saturated heterocycles. The molecule has 1 fully saturated rings. The molecule has 7 nitrogen and oxygen atoms in total. The molecule has 1 N–H and O–H groups in total. The Bertz CT molecular complexity index is 842. The predicted octanol–water partition coefficient (Wildman–Crippen LogP) is 3.50. The summed E-state index contributed by atoms with van der Waals surface area (Å²) in [6, 6.07) is 6.05. The van der Waals surface area contributed by atoms with Gasteiger partial charge in [0.15, 0.2) is 6.04 Å². The highest BCUT2D eigenvalue weighted by Gasteiger charge is 2.48. The average molecular weight is 439 g/mol. The molecule has 1 unspecified atom stereocenters. The third-order valence-corrected chi connectivity index (χ3v) is 6.03. The molecule has 1 aromatic carbocycles. The zero-order valence-electron chi connectivity index (χ0n) is 17.5. The second kappa shape index (κ2) is 9.44. The Labute approximate surface area is 179 Å². The van der Waals surface area contributed by atoms with Gasteiger partial charge in [-0.3, -0.25) is 4.90 Å².